The van der Waals surface area contributed by atoms with E-state index < -0.39 is 0 Å². The highest BCUT2D eigenvalue weighted by molar-refractivity contribution is 6.10. The van der Waals surface area contributed by atoms with E-state index in [1.54, 1.807) is 6.20 Å². The van der Waals surface area contributed by atoms with Crippen molar-refractivity contribution in [2.45, 2.75) is 13.0 Å². The zero-order valence-electron chi connectivity index (χ0n) is 16.5. The summed E-state index contributed by atoms with van der Waals surface area (Å²) in [5.74, 6) is 1.50. The van der Waals surface area contributed by atoms with Crippen molar-refractivity contribution in [1.29, 1.82) is 0 Å². The molecule has 146 valence electrons. The number of rotatable bonds is 5. The van der Waals surface area contributed by atoms with Crippen LogP contribution in [0.2, 0.25) is 0 Å². The van der Waals surface area contributed by atoms with Crippen LogP contribution in [-0.4, -0.2) is 27.7 Å². The van der Waals surface area contributed by atoms with Gasteiger partial charge in [0.2, 0.25) is 0 Å². The van der Waals surface area contributed by atoms with E-state index in [4.69, 9.17) is 9.97 Å². The number of benzene rings is 2. The van der Waals surface area contributed by atoms with Crippen molar-refractivity contribution in [3.8, 4) is 11.1 Å². The molecule has 0 aliphatic carbocycles. The summed E-state index contributed by atoms with van der Waals surface area (Å²) in [5.41, 5.74) is 5.08. The summed E-state index contributed by atoms with van der Waals surface area (Å²) in [6, 6.07) is 22.5. The fraction of sp³-hybridized carbons (Fsp3) is 0.120. The Hall–Kier alpha value is -3.86. The second-order valence-electron chi connectivity index (χ2n) is 7.12. The topological polar surface area (TPSA) is 63.1 Å². The first-order valence-electron chi connectivity index (χ1n) is 10.1. The number of aliphatic imine (C=N–C) groups is 1. The van der Waals surface area contributed by atoms with Crippen molar-refractivity contribution in [2.24, 2.45) is 4.99 Å². The molecule has 0 unspecified atom stereocenters. The van der Waals surface area contributed by atoms with Crippen molar-refractivity contribution in [3.63, 3.8) is 0 Å². The van der Waals surface area contributed by atoms with Crippen LogP contribution in [-0.2, 0) is 6.54 Å². The van der Waals surface area contributed by atoms with Gasteiger partial charge >= 0.3 is 0 Å². The van der Waals surface area contributed by atoms with Gasteiger partial charge in [-0.25, -0.2) is 9.97 Å². The Morgan fingerprint density at radius 2 is 1.77 bits per heavy atom. The van der Waals surface area contributed by atoms with Crippen LogP contribution in [0.4, 0.5) is 5.82 Å². The average molecular weight is 391 g/mol. The number of nitrogens with one attached hydrogen (secondary N) is 1. The van der Waals surface area contributed by atoms with Gasteiger partial charge in [0.1, 0.15) is 5.82 Å². The summed E-state index contributed by atoms with van der Waals surface area (Å²) in [5, 5.41) is 4.52. The normalized spacial score (nSPS) is 13.3. The van der Waals surface area contributed by atoms with Gasteiger partial charge < -0.3 is 5.32 Å². The predicted molar refractivity (Wildman–Crippen MR) is 122 cm³/mol. The van der Waals surface area contributed by atoms with Crippen LogP contribution in [0.15, 0.2) is 84.0 Å². The van der Waals surface area contributed by atoms with Gasteiger partial charge in [0.05, 0.1) is 23.1 Å². The molecule has 0 spiro atoms. The minimum Gasteiger partial charge on any atom is -0.364 e. The molecule has 2 aromatic heterocycles. The second kappa shape index (κ2) is 8.25. The molecule has 0 saturated carbocycles. The fourth-order valence-corrected chi connectivity index (χ4v) is 3.63. The highest BCUT2D eigenvalue weighted by atomic mass is 15.0. The van der Waals surface area contributed by atoms with E-state index in [1.807, 2.05) is 54.7 Å². The first kappa shape index (κ1) is 18.2. The van der Waals surface area contributed by atoms with Crippen LogP contribution in [0, 0.1) is 0 Å². The van der Waals surface area contributed by atoms with E-state index in [1.165, 1.54) is 0 Å². The number of anilines is 1. The molecule has 0 amide bonds. The second-order valence-corrected chi connectivity index (χ2v) is 7.12. The lowest BCUT2D eigenvalue weighted by Gasteiger charge is -2.15. The number of aromatic nitrogens is 3. The van der Waals surface area contributed by atoms with Gasteiger partial charge in [-0.05, 0) is 35.7 Å². The molecule has 0 radical (unpaired) electrons. The molecule has 5 rings (SSSR count). The summed E-state index contributed by atoms with van der Waals surface area (Å²) >= 11 is 0. The Bertz CT molecular complexity index is 1230. The predicted octanol–water partition coefficient (Wildman–Crippen LogP) is 5.16. The minimum absolute atomic E-state index is 0.586. The zero-order chi connectivity index (χ0) is 20.2. The Morgan fingerprint density at radius 1 is 0.867 bits per heavy atom. The van der Waals surface area contributed by atoms with Crippen molar-refractivity contribution >= 4 is 28.5 Å². The Balaban J connectivity index is 1.66. The maximum Gasteiger partial charge on any atom is 0.163 e. The van der Waals surface area contributed by atoms with Crippen LogP contribution in [0.5, 0.6) is 0 Å². The number of dihydropyridines is 1. The van der Waals surface area contributed by atoms with E-state index in [2.05, 4.69) is 39.6 Å². The number of allylic oxidation sites excluding steroid dienone is 1. The van der Waals surface area contributed by atoms with Crippen molar-refractivity contribution in [1.82, 2.24) is 15.0 Å². The highest BCUT2D eigenvalue weighted by Crippen LogP contribution is 2.33. The average Bonchev–Trinajstić information content (AvgIpc) is 2.83. The molecule has 0 bridgehead atoms. The molecule has 1 N–H and O–H groups in total. The molecule has 5 nitrogen and oxygen atoms in total. The van der Waals surface area contributed by atoms with Crippen LogP contribution in [0.3, 0.4) is 0 Å². The van der Waals surface area contributed by atoms with E-state index in [9.17, 15) is 0 Å². The van der Waals surface area contributed by atoms with Gasteiger partial charge in [0, 0.05) is 24.5 Å². The first-order chi connectivity index (χ1) is 14.9. The van der Waals surface area contributed by atoms with E-state index in [-0.39, 0.29) is 0 Å². The van der Waals surface area contributed by atoms with Crippen molar-refractivity contribution < 1.29 is 0 Å². The van der Waals surface area contributed by atoms with Gasteiger partial charge in [-0.3, -0.25) is 9.98 Å². The third-order valence-corrected chi connectivity index (χ3v) is 5.08. The molecule has 1 aliphatic rings. The summed E-state index contributed by atoms with van der Waals surface area (Å²) in [4.78, 5) is 18.6. The molecule has 0 saturated heterocycles. The van der Waals surface area contributed by atoms with Crippen molar-refractivity contribution in [2.75, 3.05) is 11.9 Å². The summed E-state index contributed by atoms with van der Waals surface area (Å²) in [6.07, 6.45) is 6.74. The van der Waals surface area contributed by atoms with Gasteiger partial charge in [0.15, 0.2) is 5.82 Å². The van der Waals surface area contributed by atoms with E-state index >= 15 is 0 Å². The molecular formula is C25H21N5. The standard InChI is InChI=1S/C25H21N5/c1-2-8-18(9-3-1)21-12-6-13-22-23(21)25(28-17-20-11-4-5-15-27-20)30-24(29-22)19-10-7-14-26-16-19/h1-6,8-13,15-16H,7,14,17H2,(H,28,29,30). The number of pyridine rings is 1. The third-order valence-electron chi connectivity index (χ3n) is 5.08. The molecule has 0 fully saturated rings. The number of nitrogens with zero attached hydrogens (tertiary/aromatic N) is 4. The van der Waals surface area contributed by atoms with Crippen LogP contribution < -0.4 is 5.32 Å². The molecule has 1 aliphatic heterocycles. The SMILES string of the molecule is C1=NCCC=C1c1nc(NCc2ccccn2)c2c(-c3ccccc3)cccc2n1. The van der Waals surface area contributed by atoms with E-state index in [0.29, 0.717) is 12.4 Å². The summed E-state index contributed by atoms with van der Waals surface area (Å²) in [7, 11) is 0. The number of fused-ring (bicyclic) bond motifs is 1. The lowest BCUT2D eigenvalue weighted by molar-refractivity contribution is 0.996. The van der Waals surface area contributed by atoms with Crippen LogP contribution in [0.25, 0.3) is 27.6 Å². The van der Waals surface area contributed by atoms with Crippen LogP contribution in [0.1, 0.15) is 17.9 Å². The third kappa shape index (κ3) is 3.70. The summed E-state index contributed by atoms with van der Waals surface area (Å²) in [6.45, 7) is 1.41. The maximum atomic E-state index is 4.92. The first-order valence-corrected chi connectivity index (χ1v) is 10.1. The Morgan fingerprint density at radius 3 is 2.57 bits per heavy atom. The summed E-state index contributed by atoms with van der Waals surface area (Å²) < 4.78 is 0. The van der Waals surface area contributed by atoms with Gasteiger partial charge in [-0.2, -0.15) is 0 Å². The largest absolute Gasteiger partial charge is 0.364 e. The van der Waals surface area contributed by atoms with E-state index in [0.717, 1.165) is 52.1 Å². The molecule has 0 atom stereocenters. The highest BCUT2D eigenvalue weighted by Gasteiger charge is 2.15. The molecule has 5 heteroatoms. The molecular weight excluding hydrogens is 370 g/mol. The molecule has 4 aromatic rings. The molecule has 3 heterocycles. The molecule has 30 heavy (non-hydrogen) atoms. The smallest absolute Gasteiger partial charge is 0.163 e. The quantitative estimate of drug-likeness (QED) is 0.510. The Labute approximate surface area is 175 Å². The monoisotopic (exact) mass is 391 g/mol. The molecule has 2 aromatic carbocycles. The lowest BCUT2D eigenvalue weighted by Crippen LogP contribution is -2.08. The number of hydrogen-bond acceptors (Lipinski definition) is 5. The lowest BCUT2D eigenvalue weighted by atomic mass is 10.0. The van der Waals surface area contributed by atoms with Crippen molar-refractivity contribution in [3.05, 3.63) is 90.5 Å². The maximum absolute atomic E-state index is 4.92. The number of hydrogen-bond donors (Lipinski definition) is 1. The van der Waals surface area contributed by atoms with Gasteiger partial charge in [-0.1, -0.05) is 54.6 Å². The Kier molecular flexibility index (Phi) is 5.00. The zero-order valence-corrected chi connectivity index (χ0v) is 16.5. The fourth-order valence-electron chi connectivity index (χ4n) is 3.63. The van der Waals surface area contributed by atoms with Gasteiger partial charge in [-0.15, -0.1) is 0 Å². The van der Waals surface area contributed by atoms with Gasteiger partial charge in [0.25, 0.3) is 0 Å². The minimum atomic E-state index is 0.586. The van der Waals surface area contributed by atoms with Crippen LogP contribution >= 0.6 is 0 Å².